The molecule has 2 atom stereocenters. The molecule has 1 fully saturated rings. The van der Waals surface area contributed by atoms with Crippen LogP contribution in [0.15, 0.2) is 35.3 Å². The minimum absolute atomic E-state index is 0.0954. The predicted octanol–water partition coefficient (Wildman–Crippen LogP) is 3.66. The first-order valence-electron chi connectivity index (χ1n) is 6.60. The SMILES string of the molecule is CC1=N[C@]2(c3ccccc3)CCCCC[C@@H]2O1. The Morgan fingerprint density at radius 3 is 2.82 bits per heavy atom. The van der Waals surface area contributed by atoms with Gasteiger partial charge in [-0.1, -0.05) is 43.2 Å². The molecule has 1 aromatic rings. The quantitative estimate of drug-likeness (QED) is 0.720. The van der Waals surface area contributed by atoms with Crippen LogP contribution < -0.4 is 0 Å². The Morgan fingerprint density at radius 2 is 2.00 bits per heavy atom. The number of nitrogens with zero attached hydrogens (tertiary/aromatic N) is 1. The lowest BCUT2D eigenvalue weighted by molar-refractivity contribution is 0.126. The molecule has 0 radical (unpaired) electrons. The van der Waals surface area contributed by atoms with Crippen molar-refractivity contribution in [2.45, 2.75) is 50.7 Å². The first-order valence-corrected chi connectivity index (χ1v) is 6.60. The maximum absolute atomic E-state index is 5.95. The van der Waals surface area contributed by atoms with Crippen LogP contribution in [-0.4, -0.2) is 12.0 Å². The summed E-state index contributed by atoms with van der Waals surface area (Å²) in [6.07, 6.45) is 6.35. The molecule has 90 valence electrons. The molecule has 2 nitrogen and oxygen atoms in total. The molecule has 0 N–H and O–H groups in total. The Balaban J connectivity index is 2.06. The van der Waals surface area contributed by atoms with E-state index in [1.54, 1.807) is 0 Å². The lowest BCUT2D eigenvalue weighted by Crippen LogP contribution is -2.34. The summed E-state index contributed by atoms with van der Waals surface area (Å²) in [6.45, 7) is 1.99. The van der Waals surface area contributed by atoms with Crippen molar-refractivity contribution in [1.82, 2.24) is 0 Å². The number of aliphatic imine (C=N–C) groups is 1. The monoisotopic (exact) mass is 229 g/mol. The third-order valence-electron chi connectivity index (χ3n) is 4.00. The van der Waals surface area contributed by atoms with Crippen molar-refractivity contribution in [2.24, 2.45) is 4.99 Å². The average Bonchev–Trinajstić information content (AvgIpc) is 2.55. The van der Waals surface area contributed by atoms with Gasteiger partial charge in [0.1, 0.15) is 11.6 Å². The maximum atomic E-state index is 5.95. The Kier molecular flexibility index (Phi) is 2.65. The van der Waals surface area contributed by atoms with Crippen molar-refractivity contribution in [3.05, 3.63) is 35.9 Å². The number of benzene rings is 1. The van der Waals surface area contributed by atoms with Crippen LogP contribution in [0.5, 0.6) is 0 Å². The Bertz CT molecular complexity index is 426. The van der Waals surface area contributed by atoms with E-state index in [-0.39, 0.29) is 11.6 Å². The van der Waals surface area contributed by atoms with Crippen molar-refractivity contribution in [3.63, 3.8) is 0 Å². The number of hydrogen-bond donors (Lipinski definition) is 0. The van der Waals surface area contributed by atoms with Gasteiger partial charge in [-0.25, -0.2) is 4.99 Å². The summed E-state index contributed by atoms with van der Waals surface area (Å²) >= 11 is 0. The summed E-state index contributed by atoms with van der Waals surface area (Å²) < 4.78 is 5.95. The minimum Gasteiger partial charge on any atom is -0.475 e. The highest BCUT2D eigenvalue weighted by Crippen LogP contribution is 2.44. The van der Waals surface area contributed by atoms with Gasteiger partial charge in [0.25, 0.3) is 0 Å². The molecule has 1 heterocycles. The van der Waals surface area contributed by atoms with Gasteiger partial charge in [0.15, 0.2) is 5.90 Å². The van der Waals surface area contributed by atoms with Gasteiger partial charge >= 0.3 is 0 Å². The summed E-state index contributed by atoms with van der Waals surface area (Å²) in [5.41, 5.74) is 1.23. The molecule has 2 heteroatoms. The molecule has 0 saturated heterocycles. The van der Waals surface area contributed by atoms with Gasteiger partial charge in [-0.2, -0.15) is 0 Å². The zero-order valence-corrected chi connectivity index (χ0v) is 10.4. The lowest BCUT2D eigenvalue weighted by Gasteiger charge is -2.30. The topological polar surface area (TPSA) is 21.6 Å². The predicted molar refractivity (Wildman–Crippen MR) is 69.2 cm³/mol. The smallest absolute Gasteiger partial charge is 0.181 e. The van der Waals surface area contributed by atoms with E-state index in [1.807, 2.05) is 6.92 Å². The molecule has 1 aliphatic carbocycles. The van der Waals surface area contributed by atoms with E-state index in [4.69, 9.17) is 9.73 Å². The van der Waals surface area contributed by atoms with Crippen molar-refractivity contribution < 1.29 is 4.74 Å². The molecule has 0 aromatic heterocycles. The van der Waals surface area contributed by atoms with E-state index in [2.05, 4.69) is 30.3 Å². The van der Waals surface area contributed by atoms with Crippen molar-refractivity contribution in [2.75, 3.05) is 0 Å². The van der Waals surface area contributed by atoms with Gasteiger partial charge in [-0.15, -0.1) is 0 Å². The molecule has 0 amide bonds. The Labute approximate surface area is 103 Å². The van der Waals surface area contributed by atoms with Crippen LogP contribution in [0.4, 0.5) is 0 Å². The molecule has 1 aromatic carbocycles. The van der Waals surface area contributed by atoms with Gasteiger partial charge < -0.3 is 4.74 Å². The summed E-state index contributed by atoms with van der Waals surface area (Å²) in [5, 5.41) is 0. The highest BCUT2D eigenvalue weighted by atomic mass is 16.5. The average molecular weight is 229 g/mol. The van der Waals surface area contributed by atoms with Crippen molar-refractivity contribution >= 4 is 5.90 Å². The fourth-order valence-corrected chi connectivity index (χ4v) is 3.22. The number of fused-ring (bicyclic) bond motifs is 1. The van der Waals surface area contributed by atoms with Crippen LogP contribution >= 0.6 is 0 Å². The van der Waals surface area contributed by atoms with E-state index in [0.29, 0.717) is 0 Å². The Morgan fingerprint density at radius 1 is 1.18 bits per heavy atom. The van der Waals surface area contributed by atoms with Crippen LogP contribution in [-0.2, 0) is 10.3 Å². The largest absolute Gasteiger partial charge is 0.475 e. The summed E-state index contributed by atoms with van der Waals surface area (Å²) in [5.74, 6) is 0.862. The van der Waals surface area contributed by atoms with Gasteiger partial charge in [0, 0.05) is 6.92 Å². The van der Waals surface area contributed by atoms with Gasteiger partial charge in [0.2, 0.25) is 0 Å². The maximum Gasteiger partial charge on any atom is 0.181 e. The third kappa shape index (κ3) is 1.76. The van der Waals surface area contributed by atoms with Gasteiger partial charge in [0.05, 0.1) is 0 Å². The lowest BCUT2D eigenvalue weighted by atomic mass is 9.82. The van der Waals surface area contributed by atoms with E-state index in [0.717, 1.165) is 18.7 Å². The molecular formula is C15H19NO. The molecule has 1 saturated carbocycles. The van der Waals surface area contributed by atoms with E-state index >= 15 is 0 Å². The third-order valence-corrected chi connectivity index (χ3v) is 4.00. The highest BCUT2D eigenvalue weighted by Gasteiger charge is 2.46. The molecule has 1 aliphatic heterocycles. The Hall–Kier alpha value is -1.31. The van der Waals surface area contributed by atoms with Crippen molar-refractivity contribution in [1.29, 1.82) is 0 Å². The van der Waals surface area contributed by atoms with Crippen LogP contribution in [0, 0.1) is 0 Å². The normalized spacial score (nSPS) is 32.3. The molecule has 0 spiro atoms. The number of ether oxygens (including phenoxy) is 1. The highest BCUT2D eigenvalue weighted by molar-refractivity contribution is 5.76. The second kappa shape index (κ2) is 4.17. The first-order chi connectivity index (χ1) is 8.31. The molecular weight excluding hydrogens is 210 g/mol. The fraction of sp³-hybridized carbons (Fsp3) is 0.533. The first kappa shape index (κ1) is 10.8. The van der Waals surface area contributed by atoms with Crippen molar-refractivity contribution in [3.8, 4) is 0 Å². The molecule has 2 aliphatic rings. The fourth-order valence-electron chi connectivity index (χ4n) is 3.22. The minimum atomic E-state index is -0.0954. The van der Waals surface area contributed by atoms with Gasteiger partial charge in [-0.3, -0.25) is 0 Å². The second-order valence-electron chi connectivity index (χ2n) is 5.13. The molecule has 0 unspecified atom stereocenters. The van der Waals surface area contributed by atoms with E-state index in [9.17, 15) is 0 Å². The van der Waals surface area contributed by atoms with E-state index in [1.165, 1.54) is 24.8 Å². The molecule has 17 heavy (non-hydrogen) atoms. The molecule has 3 rings (SSSR count). The molecule has 0 bridgehead atoms. The van der Waals surface area contributed by atoms with Crippen LogP contribution in [0.2, 0.25) is 0 Å². The van der Waals surface area contributed by atoms with Gasteiger partial charge in [-0.05, 0) is 24.8 Å². The standard InChI is InChI=1S/C15H19NO/c1-12-16-15(13-8-4-2-5-9-13)11-7-3-6-10-14(15)17-12/h2,4-5,8-9,14H,3,6-7,10-11H2,1H3/t14-,15-/m0/s1. The summed E-state index contributed by atoms with van der Waals surface area (Å²) in [6, 6.07) is 10.7. The van der Waals surface area contributed by atoms with Crippen LogP contribution in [0.1, 0.15) is 44.6 Å². The van der Waals surface area contributed by atoms with E-state index < -0.39 is 0 Å². The second-order valence-corrected chi connectivity index (χ2v) is 5.13. The van der Waals surface area contributed by atoms with Crippen LogP contribution in [0.25, 0.3) is 0 Å². The number of hydrogen-bond acceptors (Lipinski definition) is 2. The summed E-state index contributed by atoms with van der Waals surface area (Å²) in [4.78, 5) is 4.87. The number of rotatable bonds is 1. The van der Waals surface area contributed by atoms with Crippen LogP contribution in [0.3, 0.4) is 0 Å². The summed E-state index contributed by atoms with van der Waals surface area (Å²) in [7, 11) is 0. The zero-order chi connectivity index (χ0) is 11.7. The zero-order valence-electron chi connectivity index (χ0n) is 10.4.